The van der Waals surface area contributed by atoms with Gasteiger partial charge in [-0.1, -0.05) is 0 Å². The van der Waals surface area contributed by atoms with Crippen molar-refractivity contribution in [3.8, 4) is 0 Å². The van der Waals surface area contributed by atoms with E-state index in [0.717, 1.165) is 0 Å². The molecule has 0 aromatic heterocycles. The van der Waals surface area contributed by atoms with E-state index >= 15 is 0 Å². The van der Waals surface area contributed by atoms with Crippen LogP contribution >= 0.6 is 0 Å². The van der Waals surface area contributed by atoms with Crippen LogP contribution in [0.2, 0.25) is 0 Å². The maximum Gasteiger partial charge on any atom is 0.277 e. The van der Waals surface area contributed by atoms with Crippen LogP contribution in [-0.4, -0.2) is 62.2 Å². The molecular formula is C7H15N3O5S. The Morgan fingerprint density at radius 2 is 2.06 bits per heavy atom. The molecule has 2 aliphatic heterocycles. The van der Waals surface area contributed by atoms with Gasteiger partial charge in [-0.05, 0) is 0 Å². The number of fused-ring (bicyclic) bond motifs is 1. The molecule has 0 bridgehead atoms. The first-order valence-electron chi connectivity index (χ1n) is 4.93. The molecule has 0 amide bonds. The molecule has 0 aliphatic carbocycles. The molecule has 16 heavy (non-hydrogen) atoms. The summed E-state index contributed by atoms with van der Waals surface area (Å²) in [5.74, 6) is 0. The largest absolute Gasteiger partial charge is 0.389 e. The zero-order chi connectivity index (χ0) is 11.9. The van der Waals surface area contributed by atoms with Gasteiger partial charge < -0.3 is 20.7 Å². The Labute approximate surface area is 93.0 Å². The lowest BCUT2D eigenvalue weighted by atomic mass is 9.93. The highest BCUT2D eigenvalue weighted by Crippen LogP contribution is 2.22. The second kappa shape index (κ2) is 4.18. The van der Waals surface area contributed by atoms with Crippen LogP contribution < -0.4 is 15.2 Å². The molecule has 0 saturated carbocycles. The summed E-state index contributed by atoms with van der Waals surface area (Å²) in [4.78, 5) is 0. The Morgan fingerprint density at radius 1 is 1.38 bits per heavy atom. The Kier molecular flexibility index (Phi) is 3.18. The molecule has 0 spiro atoms. The van der Waals surface area contributed by atoms with Crippen molar-refractivity contribution in [1.82, 2.24) is 9.44 Å². The van der Waals surface area contributed by atoms with Gasteiger partial charge in [0, 0.05) is 13.1 Å². The van der Waals surface area contributed by atoms with Crippen LogP contribution in [0.25, 0.3) is 0 Å². The molecule has 2 unspecified atom stereocenters. The molecule has 5 atom stereocenters. The summed E-state index contributed by atoms with van der Waals surface area (Å²) in [6.45, 7) is 0.120. The number of aliphatic hydroxyl groups is 2. The summed E-state index contributed by atoms with van der Waals surface area (Å²) in [7, 11) is -3.62. The molecule has 9 heteroatoms. The third-order valence-corrected chi connectivity index (χ3v) is 3.98. The third-order valence-electron chi connectivity index (χ3n) is 2.85. The average molecular weight is 253 g/mol. The van der Waals surface area contributed by atoms with Gasteiger partial charge in [0.25, 0.3) is 10.2 Å². The number of ether oxygens (including phenoxy) is 1. The molecule has 0 aromatic carbocycles. The first-order valence-corrected chi connectivity index (χ1v) is 6.41. The molecule has 2 aliphatic rings. The number of hydrogen-bond acceptors (Lipinski definition) is 6. The van der Waals surface area contributed by atoms with Crippen LogP contribution in [-0.2, 0) is 14.9 Å². The minimum atomic E-state index is -3.62. The van der Waals surface area contributed by atoms with Crippen molar-refractivity contribution in [3.05, 3.63) is 0 Å². The van der Waals surface area contributed by atoms with E-state index in [4.69, 9.17) is 10.5 Å². The van der Waals surface area contributed by atoms with Crippen molar-refractivity contribution < 1.29 is 23.4 Å². The number of rotatable bonds is 1. The number of nitrogens with one attached hydrogen (secondary N) is 2. The minimum absolute atomic E-state index is 0.0558. The third kappa shape index (κ3) is 2.07. The Morgan fingerprint density at radius 3 is 2.69 bits per heavy atom. The van der Waals surface area contributed by atoms with Gasteiger partial charge in [0.1, 0.15) is 12.2 Å². The van der Waals surface area contributed by atoms with E-state index in [1.165, 1.54) is 0 Å². The lowest BCUT2D eigenvalue weighted by Crippen LogP contribution is -2.70. The second-order valence-corrected chi connectivity index (χ2v) is 5.46. The van der Waals surface area contributed by atoms with Crippen molar-refractivity contribution in [2.45, 2.75) is 30.5 Å². The zero-order valence-electron chi connectivity index (χ0n) is 8.41. The predicted octanol–water partition coefficient (Wildman–Crippen LogP) is -3.76. The maximum absolute atomic E-state index is 11.2. The van der Waals surface area contributed by atoms with Gasteiger partial charge in [-0.25, -0.2) is 0 Å². The first-order chi connectivity index (χ1) is 7.44. The van der Waals surface area contributed by atoms with E-state index in [0.29, 0.717) is 0 Å². The highest BCUT2D eigenvalue weighted by Gasteiger charge is 2.47. The van der Waals surface area contributed by atoms with E-state index in [-0.39, 0.29) is 13.1 Å². The zero-order valence-corrected chi connectivity index (χ0v) is 9.22. The Bertz CT molecular complexity index is 359. The molecule has 2 fully saturated rings. The van der Waals surface area contributed by atoms with Crippen molar-refractivity contribution in [2.24, 2.45) is 5.73 Å². The molecular weight excluding hydrogens is 238 g/mol. The fourth-order valence-corrected chi connectivity index (χ4v) is 3.09. The molecule has 8 nitrogen and oxygen atoms in total. The number of nitrogens with two attached hydrogens (primary N) is 1. The van der Waals surface area contributed by atoms with Gasteiger partial charge in [-0.2, -0.15) is 17.9 Å². The van der Waals surface area contributed by atoms with Gasteiger partial charge in [-0.15, -0.1) is 0 Å². The molecule has 6 N–H and O–H groups in total. The van der Waals surface area contributed by atoms with Crippen LogP contribution in [0.4, 0.5) is 0 Å². The molecule has 94 valence electrons. The van der Waals surface area contributed by atoms with E-state index in [2.05, 4.69) is 9.44 Å². The van der Waals surface area contributed by atoms with E-state index in [1.54, 1.807) is 0 Å². The number of hydrogen-bond donors (Lipinski definition) is 5. The van der Waals surface area contributed by atoms with Gasteiger partial charge in [0.2, 0.25) is 0 Å². The summed E-state index contributed by atoms with van der Waals surface area (Å²) in [5, 5.41) is 19.4. The van der Waals surface area contributed by atoms with Crippen molar-refractivity contribution in [3.63, 3.8) is 0 Å². The average Bonchev–Trinajstić information content (AvgIpc) is 2.23. The predicted molar refractivity (Wildman–Crippen MR) is 53.6 cm³/mol. The fraction of sp³-hybridized carbons (Fsp3) is 1.00. The summed E-state index contributed by atoms with van der Waals surface area (Å²) >= 11 is 0. The van der Waals surface area contributed by atoms with E-state index < -0.39 is 40.7 Å². The second-order valence-electron chi connectivity index (χ2n) is 3.93. The fourth-order valence-electron chi connectivity index (χ4n) is 1.97. The highest BCUT2D eigenvalue weighted by atomic mass is 32.2. The van der Waals surface area contributed by atoms with Gasteiger partial charge >= 0.3 is 0 Å². The van der Waals surface area contributed by atoms with Crippen LogP contribution in [0.3, 0.4) is 0 Å². The Hall–Kier alpha value is -0.290. The van der Waals surface area contributed by atoms with Crippen LogP contribution in [0.1, 0.15) is 0 Å². The molecule has 0 aromatic rings. The van der Waals surface area contributed by atoms with Crippen molar-refractivity contribution in [1.29, 1.82) is 0 Å². The smallest absolute Gasteiger partial charge is 0.277 e. The standard InChI is InChI=1S/C7H15N3O5S/c8-1-3-6(11)7(12)5-4(15-3)2-9-16(13,14)10-5/h3-7,9-12H,1-2,8H2/t3?,4-,5+,6+,7?/m1/s1. The topological polar surface area (TPSA) is 134 Å². The highest BCUT2D eigenvalue weighted by molar-refractivity contribution is 7.87. The summed E-state index contributed by atoms with van der Waals surface area (Å²) in [5.41, 5.74) is 5.38. The van der Waals surface area contributed by atoms with Crippen LogP contribution in [0.5, 0.6) is 0 Å². The summed E-state index contributed by atoms with van der Waals surface area (Å²) in [6.07, 6.45) is -3.62. The van der Waals surface area contributed by atoms with Gasteiger partial charge in [0.05, 0.1) is 18.2 Å². The monoisotopic (exact) mass is 253 g/mol. The lowest BCUT2D eigenvalue weighted by molar-refractivity contribution is -0.177. The van der Waals surface area contributed by atoms with E-state index in [9.17, 15) is 18.6 Å². The van der Waals surface area contributed by atoms with Crippen molar-refractivity contribution >= 4 is 10.2 Å². The molecule has 2 saturated heterocycles. The van der Waals surface area contributed by atoms with E-state index in [1.807, 2.05) is 0 Å². The van der Waals surface area contributed by atoms with Crippen LogP contribution in [0.15, 0.2) is 0 Å². The normalized spacial score (nSPS) is 47.3. The first kappa shape index (κ1) is 12.2. The summed E-state index contributed by atoms with van der Waals surface area (Å²) in [6, 6.07) is -0.843. The Balaban J connectivity index is 2.17. The van der Waals surface area contributed by atoms with Gasteiger partial charge in [-0.3, -0.25) is 0 Å². The maximum atomic E-state index is 11.2. The van der Waals surface area contributed by atoms with Gasteiger partial charge in [0.15, 0.2) is 0 Å². The minimum Gasteiger partial charge on any atom is -0.389 e. The lowest BCUT2D eigenvalue weighted by Gasteiger charge is -2.44. The molecule has 0 radical (unpaired) electrons. The molecule has 2 heterocycles. The quantitative estimate of drug-likeness (QED) is 0.326. The SMILES string of the molecule is NCC1O[C@@H]2CNS(=O)(=O)N[C@@H]2C(O)[C@H]1O. The molecule has 2 rings (SSSR count). The number of aliphatic hydroxyl groups excluding tert-OH is 2. The summed E-state index contributed by atoms with van der Waals surface area (Å²) < 4.78 is 32.3. The van der Waals surface area contributed by atoms with Crippen LogP contribution in [0, 0.1) is 0 Å². The van der Waals surface area contributed by atoms with Crippen molar-refractivity contribution in [2.75, 3.05) is 13.1 Å².